The van der Waals surface area contributed by atoms with Gasteiger partial charge in [-0.25, -0.2) is 4.79 Å². The van der Waals surface area contributed by atoms with Crippen LogP contribution in [0.5, 0.6) is 0 Å². The second-order valence-electron chi connectivity index (χ2n) is 3.04. The lowest BCUT2D eigenvalue weighted by Crippen LogP contribution is -2.02. The Bertz CT molecular complexity index is 507. The smallest absolute Gasteiger partial charge is 0.345 e. The Morgan fingerprint density at radius 3 is 2.69 bits per heavy atom. The average molecular weight is 238 g/mol. The van der Waals surface area contributed by atoms with Crippen LogP contribution < -0.4 is 0 Å². The zero-order valence-corrected chi connectivity index (χ0v) is 9.19. The van der Waals surface area contributed by atoms with Gasteiger partial charge in [0.2, 0.25) is 5.22 Å². The molecular formula is C11H8ClNO3. The van der Waals surface area contributed by atoms with Crippen LogP contribution in [-0.4, -0.2) is 18.2 Å². The summed E-state index contributed by atoms with van der Waals surface area (Å²) >= 11 is 5.74. The predicted octanol–water partition coefficient (Wildman–Crippen LogP) is 2.78. The zero-order chi connectivity index (χ0) is 11.5. The predicted molar refractivity (Wildman–Crippen MR) is 58.3 cm³/mol. The van der Waals surface area contributed by atoms with Crippen LogP contribution in [0.2, 0.25) is 5.22 Å². The van der Waals surface area contributed by atoms with Gasteiger partial charge in [0.15, 0.2) is 0 Å². The average Bonchev–Trinajstić information content (AvgIpc) is 2.71. The number of rotatable bonds is 2. The van der Waals surface area contributed by atoms with Gasteiger partial charge in [0.1, 0.15) is 11.3 Å². The lowest BCUT2D eigenvalue weighted by Gasteiger charge is -1.99. The lowest BCUT2D eigenvalue weighted by molar-refractivity contribution is 0.0601. The molecule has 0 spiro atoms. The molecule has 16 heavy (non-hydrogen) atoms. The van der Waals surface area contributed by atoms with Crippen LogP contribution in [0.15, 0.2) is 34.9 Å². The molecule has 5 heteroatoms. The highest BCUT2D eigenvalue weighted by atomic mass is 35.5. The van der Waals surface area contributed by atoms with Crippen molar-refractivity contribution in [2.75, 3.05) is 7.11 Å². The van der Waals surface area contributed by atoms with Crippen LogP contribution in [0, 0.1) is 0 Å². The highest BCUT2D eigenvalue weighted by Gasteiger charge is 2.23. The quantitative estimate of drug-likeness (QED) is 0.754. The number of carbonyl (C=O) groups excluding carboxylic acids is 1. The van der Waals surface area contributed by atoms with Gasteiger partial charge in [-0.1, -0.05) is 35.5 Å². The first-order chi connectivity index (χ1) is 7.74. The molecule has 82 valence electrons. The highest BCUT2D eigenvalue weighted by Crippen LogP contribution is 2.28. The van der Waals surface area contributed by atoms with E-state index in [-0.39, 0.29) is 10.8 Å². The number of ether oxygens (including phenoxy) is 1. The summed E-state index contributed by atoms with van der Waals surface area (Å²) in [5.74, 6) is -0.565. The number of carbonyl (C=O) groups is 1. The first-order valence-electron chi connectivity index (χ1n) is 4.53. The molecule has 1 heterocycles. The minimum absolute atomic E-state index is 0.0642. The molecule has 0 aliphatic heterocycles. The van der Waals surface area contributed by atoms with Crippen LogP contribution >= 0.6 is 11.6 Å². The molecule has 2 rings (SSSR count). The molecule has 0 N–H and O–H groups in total. The van der Waals surface area contributed by atoms with E-state index in [2.05, 4.69) is 9.89 Å². The van der Waals surface area contributed by atoms with Gasteiger partial charge in [-0.3, -0.25) is 0 Å². The fourth-order valence-corrected chi connectivity index (χ4v) is 1.54. The monoisotopic (exact) mass is 237 g/mol. The van der Waals surface area contributed by atoms with Gasteiger partial charge in [-0.15, -0.1) is 0 Å². The lowest BCUT2D eigenvalue weighted by atomic mass is 10.1. The summed E-state index contributed by atoms with van der Waals surface area (Å²) in [6.45, 7) is 0. The Labute approximate surface area is 96.8 Å². The van der Waals surface area contributed by atoms with E-state index in [9.17, 15) is 4.79 Å². The van der Waals surface area contributed by atoms with Gasteiger partial charge >= 0.3 is 5.97 Å². The summed E-state index contributed by atoms with van der Waals surface area (Å²) in [5, 5.41) is 3.68. The molecule has 0 aliphatic carbocycles. The summed E-state index contributed by atoms with van der Waals surface area (Å²) in [4.78, 5) is 11.5. The second-order valence-corrected chi connectivity index (χ2v) is 3.38. The van der Waals surface area contributed by atoms with Crippen molar-refractivity contribution in [3.8, 4) is 11.3 Å². The molecule has 0 amide bonds. The van der Waals surface area contributed by atoms with Gasteiger partial charge < -0.3 is 9.26 Å². The molecule has 4 nitrogen and oxygen atoms in total. The Morgan fingerprint density at radius 1 is 1.38 bits per heavy atom. The van der Waals surface area contributed by atoms with Gasteiger partial charge in [0.05, 0.1) is 7.11 Å². The van der Waals surface area contributed by atoms with Crippen molar-refractivity contribution in [2.24, 2.45) is 0 Å². The van der Waals surface area contributed by atoms with Crippen molar-refractivity contribution in [3.05, 3.63) is 41.1 Å². The summed E-state index contributed by atoms with van der Waals surface area (Å²) in [7, 11) is 1.28. The van der Waals surface area contributed by atoms with Crippen molar-refractivity contribution in [1.29, 1.82) is 0 Å². The second kappa shape index (κ2) is 4.37. The van der Waals surface area contributed by atoms with E-state index in [0.717, 1.165) is 5.56 Å². The number of benzene rings is 1. The molecule has 1 aromatic heterocycles. The summed E-state index contributed by atoms with van der Waals surface area (Å²) in [6.07, 6.45) is 0. The van der Waals surface area contributed by atoms with Crippen molar-refractivity contribution in [2.45, 2.75) is 0 Å². The SMILES string of the molecule is COC(=O)c1c(-c2ccccc2)noc1Cl. The topological polar surface area (TPSA) is 52.3 Å². The molecule has 0 aliphatic rings. The standard InChI is InChI=1S/C11H8ClNO3/c1-15-11(14)8-9(13-16-10(8)12)7-5-3-2-4-6-7/h2-6H,1H3. The van der Waals surface area contributed by atoms with Gasteiger partial charge in [0.25, 0.3) is 0 Å². The van der Waals surface area contributed by atoms with Crippen molar-refractivity contribution < 1.29 is 14.1 Å². The largest absolute Gasteiger partial charge is 0.465 e. The molecule has 2 aromatic rings. The Kier molecular flexibility index (Phi) is 2.92. The third-order valence-corrected chi connectivity index (χ3v) is 2.35. The van der Waals surface area contributed by atoms with E-state index in [4.69, 9.17) is 16.1 Å². The molecule has 0 radical (unpaired) electrons. The molecule has 0 saturated carbocycles. The number of halogens is 1. The first kappa shape index (κ1) is 10.7. The maximum Gasteiger partial charge on any atom is 0.345 e. The van der Waals surface area contributed by atoms with Crippen LogP contribution in [0.3, 0.4) is 0 Å². The molecule has 1 aromatic carbocycles. The molecule has 0 fully saturated rings. The van der Waals surface area contributed by atoms with E-state index in [0.29, 0.717) is 5.69 Å². The number of nitrogens with zero attached hydrogens (tertiary/aromatic N) is 1. The minimum atomic E-state index is -0.565. The van der Waals surface area contributed by atoms with Gasteiger partial charge in [-0.2, -0.15) is 0 Å². The number of methoxy groups -OCH3 is 1. The third-order valence-electron chi connectivity index (χ3n) is 2.09. The van der Waals surface area contributed by atoms with E-state index in [1.54, 1.807) is 12.1 Å². The van der Waals surface area contributed by atoms with Gasteiger partial charge in [-0.05, 0) is 11.6 Å². The number of aromatic nitrogens is 1. The van der Waals surface area contributed by atoms with E-state index in [1.165, 1.54) is 7.11 Å². The number of esters is 1. The fraction of sp³-hybridized carbons (Fsp3) is 0.0909. The van der Waals surface area contributed by atoms with Crippen LogP contribution in [0.1, 0.15) is 10.4 Å². The maximum absolute atomic E-state index is 11.5. The summed E-state index contributed by atoms with van der Waals surface area (Å²) < 4.78 is 9.40. The van der Waals surface area contributed by atoms with Crippen molar-refractivity contribution in [1.82, 2.24) is 5.16 Å². The maximum atomic E-state index is 11.5. The molecular weight excluding hydrogens is 230 g/mol. The fourth-order valence-electron chi connectivity index (χ4n) is 1.34. The minimum Gasteiger partial charge on any atom is -0.465 e. The first-order valence-corrected chi connectivity index (χ1v) is 4.90. The highest BCUT2D eigenvalue weighted by molar-refractivity contribution is 6.32. The van der Waals surface area contributed by atoms with E-state index < -0.39 is 5.97 Å². The van der Waals surface area contributed by atoms with E-state index in [1.807, 2.05) is 18.2 Å². The normalized spacial score (nSPS) is 10.1. The van der Waals surface area contributed by atoms with Crippen LogP contribution in [-0.2, 0) is 4.74 Å². The number of hydrogen-bond donors (Lipinski definition) is 0. The molecule has 0 bridgehead atoms. The van der Waals surface area contributed by atoms with Crippen molar-refractivity contribution >= 4 is 17.6 Å². The van der Waals surface area contributed by atoms with E-state index >= 15 is 0 Å². The third kappa shape index (κ3) is 1.79. The molecule has 0 atom stereocenters. The zero-order valence-electron chi connectivity index (χ0n) is 8.44. The Morgan fingerprint density at radius 2 is 2.06 bits per heavy atom. The summed E-state index contributed by atoms with van der Waals surface area (Å²) in [5.41, 5.74) is 1.28. The Hall–Kier alpha value is -1.81. The van der Waals surface area contributed by atoms with Gasteiger partial charge in [0, 0.05) is 5.56 Å². The van der Waals surface area contributed by atoms with Crippen LogP contribution in [0.4, 0.5) is 0 Å². The number of hydrogen-bond acceptors (Lipinski definition) is 4. The molecule has 0 saturated heterocycles. The van der Waals surface area contributed by atoms with Crippen molar-refractivity contribution in [3.63, 3.8) is 0 Å². The summed E-state index contributed by atoms with van der Waals surface area (Å²) in [6, 6.07) is 9.14. The molecule has 0 unspecified atom stereocenters. The Balaban J connectivity index is 2.55. The van der Waals surface area contributed by atoms with Crippen LogP contribution in [0.25, 0.3) is 11.3 Å².